The number of nitrogens with one attached hydrogen (secondary N) is 1. The summed E-state index contributed by atoms with van der Waals surface area (Å²) < 4.78 is 11.1. The Morgan fingerprint density at radius 2 is 1.96 bits per heavy atom. The lowest BCUT2D eigenvalue weighted by Crippen LogP contribution is -2.43. The van der Waals surface area contributed by atoms with Gasteiger partial charge in [-0.15, -0.1) is 24.0 Å². The highest BCUT2D eigenvalue weighted by Crippen LogP contribution is 2.22. The van der Waals surface area contributed by atoms with Crippen molar-refractivity contribution in [3.8, 4) is 0 Å². The summed E-state index contributed by atoms with van der Waals surface area (Å²) in [5.74, 6) is 1.58. The Bertz CT molecular complexity index is 575. The van der Waals surface area contributed by atoms with E-state index < -0.39 is 0 Å². The van der Waals surface area contributed by atoms with Crippen LogP contribution in [-0.4, -0.2) is 82.0 Å². The Morgan fingerprint density at radius 3 is 2.61 bits per heavy atom. The second-order valence-electron chi connectivity index (χ2n) is 7.38. The lowest BCUT2D eigenvalue weighted by Gasteiger charge is -2.34. The lowest BCUT2D eigenvalue weighted by atomic mass is 10.0. The summed E-state index contributed by atoms with van der Waals surface area (Å²) in [5, 5.41) is 3.46. The van der Waals surface area contributed by atoms with Gasteiger partial charge in [0.1, 0.15) is 0 Å². The molecule has 7 heteroatoms. The van der Waals surface area contributed by atoms with Crippen LogP contribution in [0.15, 0.2) is 35.3 Å². The molecule has 2 unspecified atom stereocenters. The van der Waals surface area contributed by atoms with Crippen molar-refractivity contribution < 1.29 is 9.47 Å². The number of morpholine rings is 1. The van der Waals surface area contributed by atoms with E-state index in [4.69, 9.17) is 14.5 Å². The van der Waals surface area contributed by atoms with Crippen LogP contribution in [0.25, 0.3) is 0 Å². The predicted octanol–water partition coefficient (Wildman–Crippen LogP) is 2.61. The van der Waals surface area contributed by atoms with Crippen LogP contribution in [0.2, 0.25) is 0 Å². The molecule has 6 nitrogen and oxygen atoms in total. The number of hydrogen-bond donors (Lipinski definition) is 1. The molecule has 2 fully saturated rings. The zero-order valence-electron chi connectivity index (χ0n) is 17.2. The third kappa shape index (κ3) is 6.86. The summed E-state index contributed by atoms with van der Waals surface area (Å²) in [6, 6.07) is 11.0. The standard InChI is InChI=1S/C21H34N4O2.HI/c1-3-22-21(24(2)16-18-9-12-27-17-18)23-15-20(19-7-5-4-6-8-19)25-10-13-26-14-11-25;/h4-8,18,20H,3,9-17H2,1-2H3,(H,22,23);1H. The first kappa shape index (κ1) is 23.4. The number of benzene rings is 1. The fourth-order valence-corrected chi connectivity index (χ4v) is 3.84. The van der Waals surface area contributed by atoms with Gasteiger partial charge in [0.25, 0.3) is 0 Å². The van der Waals surface area contributed by atoms with Gasteiger partial charge in [-0.2, -0.15) is 0 Å². The van der Waals surface area contributed by atoms with Crippen molar-refractivity contribution >= 4 is 29.9 Å². The van der Waals surface area contributed by atoms with E-state index in [9.17, 15) is 0 Å². The van der Waals surface area contributed by atoms with Crippen molar-refractivity contribution in [2.45, 2.75) is 19.4 Å². The fraction of sp³-hybridized carbons (Fsp3) is 0.667. The molecule has 28 heavy (non-hydrogen) atoms. The van der Waals surface area contributed by atoms with E-state index >= 15 is 0 Å². The SMILES string of the molecule is CCNC(=NCC(c1ccccc1)N1CCOCC1)N(C)CC1CCOC1.I. The van der Waals surface area contributed by atoms with E-state index in [1.165, 1.54) is 5.56 Å². The fourth-order valence-electron chi connectivity index (χ4n) is 3.84. The summed E-state index contributed by atoms with van der Waals surface area (Å²) in [4.78, 5) is 9.77. The number of ether oxygens (including phenoxy) is 2. The largest absolute Gasteiger partial charge is 0.381 e. The normalized spacial score (nSPS) is 21.8. The molecule has 0 bridgehead atoms. The summed E-state index contributed by atoms with van der Waals surface area (Å²) in [6.07, 6.45) is 1.14. The van der Waals surface area contributed by atoms with Gasteiger partial charge in [0.15, 0.2) is 5.96 Å². The average Bonchev–Trinajstić information content (AvgIpc) is 3.22. The zero-order valence-corrected chi connectivity index (χ0v) is 19.5. The molecular weight excluding hydrogens is 467 g/mol. The predicted molar refractivity (Wildman–Crippen MR) is 125 cm³/mol. The molecule has 0 radical (unpaired) electrons. The maximum absolute atomic E-state index is 5.55. The highest BCUT2D eigenvalue weighted by Gasteiger charge is 2.23. The molecule has 2 heterocycles. The van der Waals surface area contributed by atoms with Crippen LogP contribution in [0.5, 0.6) is 0 Å². The molecule has 2 saturated heterocycles. The molecule has 0 amide bonds. The molecule has 2 atom stereocenters. The maximum atomic E-state index is 5.55. The quantitative estimate of drug-likeness (QED) is 0.353. The van der Waals surface area contributed by atoms with Crippen LogP contribution in [0.3, 0.4) is 0 Å². The number of hydrogen-bond acceptors (Lipinski definition) is 4. The zero-order chi connectivity index (χ0) is 18.9. The summed E-state index contributed by atoms with van der Waals surface area (Å²) in [7, 11) is 2.13. The van der Waals surface area contributed by atoms with E-state index in [0.717, 1.165) is 71.5 Å². The number of nitrogens with zero attached hydrogens (tertiary/aromatic N) is 3. The van der Waals surface area contributed by atoms with Gasteiger partial charge in [-0.25, -0.2) is 0 Å². The highest BCUT2D eigenvalue weighted by molar-refractivity contribution is 14.0. The van der Waals surface area contributed by atoms with Gasteiger partial charge in [0.2, 0.25) is 0 Å². The molecule has 1 N–H and O–H groups in total. The summed E-state index contributed by atoms with van der Waals surface area (Å²) in [6.45, 7) is 10.0. The van der Waals surface area contributed by atoms with Crippen LogP contribution in [-0.2, 0) is 9.47 Å². The average molecular weight is 502 g/mol. The maximum Gasteiger partial charge on any atom is 0.193 e. The van der Waals surface area contributed by atoms with E-state index in [2.05, 4.69) is 59.4 Å². The summed E-state index contributed by atoms with van der Waals surface area (Å²) in [5.41, 5.74) is 1.32. The number of halogens is 1. The van der Waals surface area contributed by atoms with Crippen LogP contribution in [0, 0.1) is 5.92 Å². The number of aliphatic imine (C=N–C) groups is 1. The molecule has 2 aliphatic heterocycles. The molecular formula is C21H35IN4O2. The Balaban J connectivity index is 0.00000280. The Kier molecular flexibility index (Phi) is 10.5. The van der Waals surface area contributed by atoms with Crippen LogP contribution in [0.1, 0.15) is 24.9 Å². The monoisotopic (exact) mass is 502 g/mol. The van der Waals surface area contributed by atoms with Crippen molar-refractivity contribution in [1.82, 2.24) is 15.1 Å². The first-order chi connectivity index (χ1) is 13.3. The molecule has 158 valence electrons. The van der Waals surface area contributed by atoms with Gasteiger partial charge >= 0.3 is 0 Å². The molecule has 3 rings (SSSR count). The molecule has 0 aromatic heterocycles. The third-order valence-electron chi connectivity index (χ3n) is 5.34. The van der Waals surface area contributed by atoms with Gasteiger partial charge < -0.3 is 19.7 Å². The van der Waals surface area contributed by atoms with Crippen molar-refractivity contribution in [2.75, 3.05) is 66.2 Å². The molecule has 0 spiro atoms. The van der Waals surface area contributed by atoms with E-state index in [0.29, 0.717) is 5.92 Å². The van der Waals surface area contributed by atoms with Crippen LogP contribution >= 0.6 is 24.0 Å². The smallest absolute Gasteiger partial charge is 0.193 e. The topological polar surface area (TPSA) is 49.3 Å². The minimum atomic E-state index is 0. The molecule has 0 saturated carbocycles. The van der Waals surface area contributed by atoms with Gasteiger partial charge in [-0.05, 0) is 18.9 Å². The third-order valence-corrected chi connectivity index (χ3v) is 5.34. The van der Waals surface area contributed by atoms with Crippen LogP contribution < -0.4 is 5.32 Å². The minimum Gasteiger partial charge on any atom is -0.381 e. The molecule has 1 aromatic rings. The van der Waals surface area contributed by atoms with Gasteiger partial charge in [-0.1, -0.05) is 30.3 Å². The van der Waals surface area contributed by atoms with Crippen molar-refractivity contribution in [3.05, 3.63) is 35.9 Å². The van der Waals surface area contributed by atoms with E-state index in [-0.39, 0.29) is 30.0 Å². The second-order valence-corrected chi connectivity index (χ2v) is 7.38. The Hall–Kier alpha value is -0.900. The van der Waals surface area contributed by atoms with E-state index in [1.54, 1.807) is 0 Å². The summed E-state index contributed by atoms with van der Waals surface area (Å²) >= 11 is 0. The first-order valence-corrected chi connectivity index (χ1v) is 10.2. The Morgan fingerprint density at radius 1 is 1.21 bits per heavy atom. The molecule has 0 aliphatic carbocycles. The highest BCUT2D eigenvalue weighted by atomic mass is 127. The minimum absolute atomic E-state index is 0. The van der Waals surface area contributed by atoms with Gasteiger partial charge in [0, 0.05) is 45.8 Å². The number of guanidine groups is 1. The number of rotatable bonds is 7. The Labute approximate surface area is 186 Å². The van der Waals surface area contributed by atoms with Gasteiger partial charge in [-0.3, -0.25) is 9.89 Å². The van der Waals surface area contributed by atoms with E-state index in [1.807, 2.05) is 0 Å². The lowest BCUT2D eigenvalue weighted by molar-refractivity contribution is 0.0179. The van der Waals surface area contributed by atoms with Crippen LogP contribution in [0.4, 0.5) is 0 Å². The molecule has 1 aromatic carbocycles. The van der Waals surface area contributed by atoms with Crippen molar-refractivity contribution in [2.24, 2.45) is 10.9 Å². The van der Waals surface area contributed by atoms with Crippen molar-refractivity contribution in [3.63, 3.8) is 0 Å². The second kappa shape index (κ2) is 12.6. The van der Waals surface area contributed by atoms with Crippen molar-refractivity contribution in [1.29, 1.82) is 0 Å². The van der Waals surface area contributed by atoms with Gasteiger partial charge in [0.05, 0.1) is 32.4 Å². The first-order valence-electron chi connectivity index (χ1n) is 10.2. The molecule has 2 aliphatic rings.